The summed E-state index contributed by atoms with van der Waals surface area (Å²) in [5.41, 5.74) is 1.39. The number of hydrogen-bond acceptors (Lipinski definition) is 4. The van der Waals surface area contributed by atoms with Gasteiger partial charge in [-0.05, 0) is 20.8 Å². The highest BCUT2D eigenvalue weighted by Gasteiger charge is 2.21. The Morgan fingerprint density at radius 2 is 2.17 bits per heavy atom. The fraction of sp³-hybridized carbons (Fsp3) is 0.417. The van der Waals surface area contributed by atoms with Crippen LogP contribution >= 0.6 is 0 Å². The molecule has 0 radical (unpaired) electrons. The van der Waals surface area contributed by atoms with Gasteiger partial charge in [0.15, 0.2) is 5.65 Å². The number of carbonyl (C=O) groups is 1. The van der Waals surface area contributed by atoms with Crippen molar-refractivity contribution in [3.8, 4) is 5.75 Å². The summed E-state index contributed by atoms with van der Waals surface area (Å²) < 4.78 is 7.25. The van der Waals surface area contributed by atoms with Gasteiger partial charge in [0, 0.05) is 13.2 Å². The van der Waals surface area contributed by atoms with Crippen molar-refractivity contribution in [3.63, 3.8) is 0 Å². The SMILES string of the molecule is Cc1nn(C)c2ncc(C(=O)O)c(OC(C)C)c12. The molecule has 0 saturated carbocycles. The van der Waals surface area contributed by atoms with Gasteiger partial charge >= 0.3 is 5.97 Å². The lowest BCUT2D eigenvalue weighted by molar-refractivity contribution is 0.0690. The van der Waals surface area contributed by atoms with E-state index in [0.29, 0.717) is 22.5 Å². The average molecular weight is 249 g/mol. The third kappa shape index (κ3) is 1.90. The Morgan fingerprint density at radius 1 is 1.50 bits per heavy atom. The molecule has 2 aromatic heterocycles. The second-order valence-corrected chi connectivity index (χ2v) is 4.38. The van der Waals surface area contributed by atoms with E-state index in [1.54, 1.807) is 11.7 Å². The largest absolute Gasteiger partial charge is 0.489 e. The van der Waals surface area contributed by atoms with Crippen LogP contribution in [0.4, 0.5) is 0 Å². The highest BCUT2D eigenvalue weighted by molar-refractivity contribution is 5.98. The monoisotopic (exact) mass is 249 g/mol. The zero-order valence-corrected chi connectivity index (χ0v) is 10.8. The smallest absolute Gasteiger partial charge is 0.341 e. The van der Waals surface area contributed by atoms with E-state index < -0.39 is 5.97 Å². The van der Waals surface area contributed by atoms with Crippen LogP contribution in [0, 0.1) is 6.92 Å². The van der Waals surface area contributed by atoms with Crippen molar-refractivity contribution in [2.75, 3.05) is 0 Å². The Kier molecular flexibility index (Phi) is 2.94. The van der Waals surface area contributed by atoms with Crippen LogP contribution in [0.25, 0.3) is 11.0 Å². The highest BCUT2D eigenvalue weighted by atomic mass is 16.5. The molecule has 0 fully saturated rings. The number of fused-ring (bicyclic) bond motifs is 1. The molecule has 0 aliphatic heterocycles. The van der Waals surface area contributed by atoms with Crippen molar-refractivity contribution in [2.45, 2.75) is 26.9 Å². The number of aromatic carboxylic acids is 1. The van der Waals surface area contributed by atoms with Crippen molar-refractivity contribution in [1.29, 1.82) is 0 Å². The first-order valence-corrected chi connectivity index (χ1v) is 5.64. The summed E-state index contributed by atoms with van der Waals surface area (Å²) >= 11 is 0. The van der Waals surface area contributed by atoms with Crippen LogP contribution in [0.3, 0.4) is 0 Å². The molecule has 2 heterocycles. The maximum absolute atomic E-state index is 11.2. The third-order valence-corrected chi connectivity index (χ3v) is 2.56. The quantitative estimate of drug-likeness (QED) is 0.896. The molecule has 0 unspecified atom stereocenters. The molecule has 0 spiro atoms. The van der Waals surface area contributed by atoms with Crippen LogP contribution in [0.2, 0.25) is 0 Å². The molecule has 96 valence electrons. The lowest BCUT2D eigenvalue weighted by Crippen LogP contribution is -2.11. The number of rotatable bonds is 3. The summed E-state index contributed by atoms with van der Waals surface area (Å²) in [5.74, 6) is -0.712. The Morgan fingerprint density at radius 3 is 2.72 bits per heavy atom. The maximum Gasteiger partial charge on any atom is 0.341 e. The maximum atomic E-state index is 11.2. The van der Waals surface area contributed by atoms with Crippen LogP contribution < -0.4 is 4.74 Å². The van der Waals surface area contributed by atoms with Gasteiger partial charge in [0.25, 0.3) is 0 Å². The summed E-state index contributed by atoms with van der Waals surface area (Å²) in [7, 11) is 1.77. The van der Waals surface area contributed by atoms with E-state index >= 15 is 0 Å². The minimum Gasteiger partial charge on any atom is -0.489 e. The summed E-state index contributed by atoms with van der Waals surface area (Å²) in [6.45, 7) is 5.51. The third-order valence-electron chi connectivity index (χ3n) is 2.56. The number of carboxylic acids is 1. The standard InChI is InChI=1S/C12H15N3O3/c1-6(2)18-10-8(12(16)17)5-13-11-9(10)7(3)14-15(11)4/h5-6H,1-4H3,(H,16,17). The summed E-state index contributed by atoms with van der Waals surface area (Å²) in [5, 5.41) is 14.1. The molecule has 2 aromatic rings. The van der Waals surface area contributed by atoms with Crippen LogP contribution in [-0.4, -0.2) is 31.9 Å². The van der Waals surface area contributed by atoms with E-state index in [0.717, 1.165) is 0 Å². The van der Waals surface area contributed by atoms with Crippen LogP contribution in [0.1, 0.15) is 29.9 Å². The number of carboxylic acid groups (broad SMARTS) is 1. The van der Waals surface area contributed by atoms with Crippen LogP contribution in [-0.2, 0) is 7.05 Å². The first kappa shape index (κ1) is 12.3. The molecule has 0 amide bonds. The predicted octanol–water partition coefficient (Wildman–Crippen LogP) is 1.76. The summed E-state index contributed by atoms with van der Waals surface area (Å²) in [6.07, 6.45) is 1.19. The van der Waals surface area contributed by atoms with Gasteiger partial charge < -0.3 is 9.84 Å². The van der Waals surface area contributed by atoms with Gasteiger partial charge in [-0.3, -0.25) is 4.68 Å². The first-order chi connectivity index (χ1) is 8.41. The Bertz CT molecular complexity index is 617. The van der Waals surface area contributed by atoms with Crippen molar-refractivity contribution >= 4 is 17.0 Å². The Balaban J connectivity index is 2.80. The molecule has 0 bridgehead atoms. The van der Waals surface area contributed by atoms with E-state index in [1.165, 1.54) is 6.20 Å². The number of pyridine rings is 1. The minimum absolute atomic E-state index is 0.0623. The molecule has 2 rings (SSSR count). The predicted molar refractivity (Wildman–Crippen MR) is 66.0 cm³/mol. The van der Waals surface area contributed by atoms with E-state index in [1.807, 2.05) is 20.8 Å². The molecule has 0 saturated heterocycles. The minimum atomic E-state index is -1.05. The summed E-state index contributed by atoms with van der Waals surface area (Å²) in [4.78, 5) is 15.3. The fourth-order valence-corrected chi connectivity index (χ4v) is 1.89. The highest BCUT2D eigenvalue weighted by Crippen LogP contribution is 2.31. The summed E-state index contributed by atoms with van der Waals surface area (Å²) in [6, 6.07) is 0. The zero-order chi connectivity index (χ0) is 13.4. The van der Waals surface area contributed by atoms with Gasteiger partial charge in [-0.1, -0.05) is 0 Å². The van der Waals surface area contributed by atoms with Crippen LogP contribution in [0.15, 0.2) is 6.20 Å². The number of aromatic nitrogens is 3. The van der Waals surface area contributed by atoms with Gasteiger partial charge in [-0.15, -0.1) is 0 Å². The Labute approximate surface area is 104 Å². The zero-order valence-electron chi connectivity index (χ0n) is 10.8. The molecule has 0 aliphatic carbocycles. The second kappa shape index (κ2) is 4.29. The number of ether oxygens (including phenoxy) is 1. The molecule has 0 atom stereocenters. The van der Waals surface area contributed by atoms with Crippen molar-refractivity contribution < 1.29 is 14.6 Å². The first-order valence-electron chi connectivity index (χ1n) is 5.64. The van der Waals surface area contributed by atoms with Gasteiger partial charge in [-0.25, -0.2) is 9.78 Å². The molecular weight excluding hydrogens is 234 g/mol. The molecule has 0 aromatic carbocycles. The number of aryl methyl sites for hydroxylation is 2. The Hall–Kier alpha value is -2.11. The second-order valence-electron chi connectivity index (χ2n) is 4.38. The van der Waals surface area contributed by atoms with Crippen LogP contribution in [0.5, 0.6) is 5.75 Å². The molecule has 1 N–H and O–H groups in total. The van der Waals surface area contributed by atoms with Gasteiger partial charge in [0.05, 0.1) is 17.2 Å². The van der Waals surface area contributed by atoms with E-state index in [-0.39, 0.29) is 11.7 Å². The molecule has 6 nitrogen and oxygen atoms in total. The van der Waals surface area contributed by atoms with Crippen molar-refractivity contribution in [3.05, 3.63) is 17.5 Å². The van der Waals surface area contributed by atoms with E-state index in [9.17, 15) is 9.90 Å². The van der Waals surface area contributed by atoms with Crippen molar-refractivity contribution in [1.82, 2.24) is 14.8 Å². The van der Waals surface area contributed by atoms with Crippen molar-refractivity contribution in [2.24, 2.45) is 7.05 Å². The lowest BCUT2D eigenvalue weighted by Gasteiger charge is -2.13. The lowest BCUT2D eigenvalue weighted by atomic mass is 10.1. The molecule has 0 aliphatic rings. The molecule has 18 heavy (non-hydrogen) atoms. The number of nitrogens with zero attached hydrogens (tertiary/aromatic N) is 3. The average Bonchev–Trinajstić information content (AvgIpc) is 2.54. The molecule has 6 heteroatoms. The normalized spacial score (nSPS) is 11.2. The number of hydrogen-bond donors (Lipinski definition) is 1. The van der Waals surface area contributed by atoms with E-state index in [2.05, 4.69) is 10.1 Å². The van der Waals surface area contributed by atoms with E-state index in [4.69, 9.17) is 4.74 Å². The fourth-order valence-electron chi connectivity index (χ4n) is 1.89. The topological polar surface area (TPSA) is 77.2 Å². The van der Waals surface area contributed by atoms with Gasteiger partial charge in [-0.2, -0.15) is 5.10 Å². The molecular formula is C12H15N3O3. The van der Waals surface area contributed by atoms with Gasteiger partial charge in [0.1, 0.15) is 11.3 Å². The van der Waals surface area contributed by atoms with Gasteiger partial charge in [0.2, 0.25) is 0 Å².